The number of thiophene rings is 1. The maximum Gasteiger partial charge on any atom is 0.181 e. The van der Waals surface area contributed by atoms with E-state index in [0.29, 0.717) is 5.82 Å². The molecule has 0 bridgehead atoms. The number of anilines is 2. The highest BCUT2D eigenvalue weighted by Gasteiger charge is 2.23. The Morgan fingerprint density at radius 2 is 1.54 bits per heavy atom. The van der Waals surface area contributed by atoms with Crippen LogP contribution in [0.15, 0.2) is 85.1 Å². The highest BCUT2D eigenvalue weighted by molar-refractivity contribution is 7.22. The highest BCUT2D eigenvalue weighted by Crippen LogP contribution is 2.38. The topological polar surface area (TPSA) is 54.4 Å². The van der Waals surface area contributed by atoms with E-state index in [1.807, 2.05) is 36.4 Å². The fourth-order valence-electron chi connectivity index (χ4n) is 4.47. The van der Waals surface area contributed by atoms with Crippen molar-refractivity contribution < 1.29 is 4.74 Å². The van der Waals surface area contributed by atoms with Crippen LogP contribution < -0.4 is 14.5 Å². The zero-order chi connectivity index (χ0) is 23.6. The van der Waals surface area contributed by atoms with E-state index in [9.17, 15) is 0 Å². The van der Waals surface area contributed by atoms with Gasteiger partial charge < -0.3 is 14.5 Å². The van der Waals surface area contributed by atoms with Crippen LogP contribution in [0.2, 0.25) is 0 Å². The van der Waals surface area contributed by atoms with E-state index < -0.39 is 0 Å². The lowest BCUT2D eigenvalue weighted by molar-refractivity contribution is 0.415. The molecule has 0 atom stereocenters. The number of nitrogens with zero attached hydrogens (tertiary/aromatic N) is 5. The number of benzene rings is 2. The summed E-state index contributed by atoms with van der Waals surface area (Å²) in [5.41, 5.74) is 3.21. The first-order chi connectivity index (χ1) is 17.3. The largest absolute Gasteiger partial charge is 0.497 e. The number of fused-ring (bicyclic) bond motifs is 1. The molecule has 1 saturated heterocycles. The smallest absolute Gasteiger partial charge is 0.181 e. The van der Waals surface area contributed by atoms with Crippen LogP contribution in [0.25, 0.3) is 32.2 Å². The molecule has 7 heteroatoms. The van der Waals surface area contributed by atoms with E-state index in [4.69, 9.17) is 14.7 Å². The van der Waals surface area contributed by atoms with Gasteiger partial charge in [0.1, 0.15) is 22.1 Å². The van der Waals surface area contributed by atoms with Gasteiger partial charge >= 0.3 is 0 Å². The predicted octanol–water partition coefficient (Wildman–Crippen LogP) is 5.76. The lowest BCUT2D eigenvalue weighted by atomic mass is 10.1. The number of hydrogen-bond acceptors (Lipinski definition) is 7. The molecule has 3 aromatic heterocycles. The van der Waals surface area contributed by atoms with Crippen LogP contribution in [0.3, 0.4) is 0 Å². The van der Waals surface area contributed by atoms with E-state index in [1.54, 1.807) is 24.6 Å². The number of rotatable bonds is 5. The molecule has 0 radical (unpaired) electrons. The Balaban J connectivity index is 1.35. The van der Waals surface area contributed by atoms with Crippen LogP contribution in [-0.4, -0.2) is 48.2 Å². The van der Waals surface area contributed by atoms with Gasteiger partial charge in [-0.25, -0.2) is 9.97 Å². The van der Waals surface area contributed by atoms with Crippen LogP contribution in [0.4, 0.5) is 11.5 Å². The minimum absolute atomic E-state index is 0.673. The van der Waals surface area contributed by atoms with Crippen molar-refractivity contribution in [1.29, 1.82) is 0 Å². The molecular weight excluding hydrogens is 454 g/mol. The fourth-order valence-corrected chi connectivity index (χ4v) is 5.50. The molecule has 5 aromatic rings. The number of pyridine rings is 1. The Morgan fingerprint density at radius 1 is 0.800 bits per heavy atom. The van der Waals surface area contributed by atoms with Crippen LogP contribution in [-0.2, 0) is 0 Å². The normalized spacial score (nSPS) is 13.9. The molecule has 1 fully saturated rings. The van der Waals surface area contributed by atoms with E-state index in [1.165, 1.54) is 16.1 Å². The average Bonchev–Trinajstić information content (AvgIpc) is 3.38. The number of aromatic nitrogens is 3. The molecule has 2 aromatic carbocycles. The summed E-state index contributed by atoms with van der Waals surface area (Å²) in [6.07, 6.45) is 1.79. The molecule has 174 valence electrons. The van der Waals surface area contributed by atoms with Gasteiger partial charge in [-0.2, -0.15) is 0 Å². The van der Waals surface area contributed by atoms with Crippen LogP contribution in [0, 0.1) is 0 Å². The zero-order valence-electron chi connectivity index (χ0n) is 19.5. The number of methoxy groups -OCH3 is 1. The first-order valence-electron chi connectivity index (χ1n) is 11.7. The second kappa shape index (κ2) is 9.35. The third kappa shape index (κ3) is 4.31. The molecular formula is C28H25N5OS. The molecule has 6 nitrogen and oxygen atoms in total. The Bertz CT molecular complexity index is 1430. The highest BCUT2D eigenvalue weighted by atomic mass is 32.1. The van der Waals surface area contributed by atoms with Gasteiger partial charge in [0.15, 0.2) is 5.82 Å². The SMILES string of the molecule is COc1ccc(N2CCN(c3nc(-c4ccccn4)nc4sc(-c5ccccc5)cc34)CC2)cc1. The van der Waals surface area contributed by atoms with Gasteiger partial charge in [-0.3, -0.25) is 4.98 Å². The maximum atomic E-state index is 5.31. The number of hydrogen-bond donors (Lipinski definition) is 0. The van der Waals surface area contributed by atoms with Crippen molar-refractivity contribution in [3.05, 3.63) is 85.1 Å². The number of ether oxygens (including phenoxy) is 1. The Kier molecular flexibility index (Phi) is 5.76. The van der Waals surface area contributed by atoms with Crippen molar-refractivity contribution in [2.75, 3.05) is 43.1 Å². The molecule has 1 aliphatic heterocycles. The van der Waals surface area contributed by atoms with Crippen molar-refractivity contribution in [2.24, 2.45) is 0 Å². The van der Waals surface area contributed by atoms with Crippen LogP contribution >= 0.6 is 11.3 Å². The molecule has 0 saturated carbocycles. The van der Waals surface area contributed by atoms with E-state index in [0.717, 1.165) is 53.7 Å². The lowest BCUT2D eigenvalue weighted by Gasteiger charge is -2.37. The van der Waals surface area contributed by atoms with Crippen LogP contribution in [0.1, 0.15) is 0 Å². The maximum absolute atomic E-state index is 5.31. The molecule has 0 N–H and O–H groups in total. The van der Waals surface area contributed by atoms with Crippen LogP contribution in [0.5, 0.6) is 5.75 Å². The molecule has 35 heavy (non-hydrogen) atoms. The van der Waals surface area contributed by atoms with Gasteiger partial charge in [-0.15, -0.1) is 11.3 Å². The summed E-state index contributed by atoms with van der Waals surface area (Å²) in [5, 5.41) is 1.10. The average molecular weight is 480 g/mol. The van der Waals surface area contributed by atoms with Gasteiger partial charge in [0.2, 0.25) is 0 Å². The fraction of sp³-hybridized carbons (Fsp3) is 0.179. The summed E-state index contributed by atoms with van der Waals surface area (Å²) in [4.78, 5) is 21.5. The van der Waals surface area contributed by atoms with Gasteiger partial charge in [0.25, 0.3) is 0 Å². The Hall–Kier alpha value is -3.97. The standard InChI is InChI=1S/C28H25N5OS/c1-34-22-12-10-21(11-13-22)32-15-17-33(18-16-32)27-23-19-25(20-7-3-2-4-8-20)35-28(23)31-26(30-27)24-9-5-6-14-29-24/h2-14,19H,15-18H2,1H3. The number of piperazine rings is 1. The van der Waals surface area contributed by atoms with E-state index >= 15 is 0 Å². The zero-order valence-corrected chi connectivity index (χ0v) is 20.3. The first-order valence-corrected chi connectivity index (χ1v) is 12.5. The summed E-state index contributed by atoms with van der Waals surface area (Å²) in [6, 6.07) is 26.9. The molecule has 1 aliphatic rings. The Labute approximate surface area is 208 Å². The molecule has 0 unspecified atom stereocenters. The van der Waals surface area contributed by atoms with Gasteiger partial charge in [0, 0.05) is 42.9 Å². The first kappa shape index (κ1) is 21.6. The third-order valence-electron chi connectivity index (χ3n) is 6.34. The van der Waals surface area contributed by atoms with E-state index in [-0.39, 0.29) is 0 Å². The van der Waals surface area contributed by atoms with Gasteiger partial charge in [-0.1, -0.05) is 36.4 Å². The summed E-state index contributed by atoms with van der Waals surface area (Å²) < 4.78 is 5.31. The Morgan fingerprint density at radius 3 is 2.26 bits per heavy atom. The van der Waals surface area contributed by atoms with Gasteiger partial charge in [-0.05, 0) is 48.0 Å². The van der Waals surface area contributed by atoms with E-state index in [2.05, 4.69) is 57.2 Å². The van der Waals surface area contributed by atoms with Gasteiger partial charge in [0.05, 0.1) is 12.5 Å². The summed E-state index contributed by atoms with van der Waals surface area (Å²) in [7, 11) is 1.70. The van der Waals surface area contributed by atoms with Crippen molar-refractivity contribution in [1.82, 2.24) is 15.0 Å². The van der Waals surface area contributed by atoms with Crippen molar-refractivity contribution >= 4 is 33.1 Å². The predicted molar refractivity (Wildman–Crippen MR) is 144 cm³/mol. The molecule has 0 amide bonds. The monoisotopic (exact) mass is 479 g/mol. The minimum Gasteiger partial charge on any atom is -0.497 e. The summed E-state index contributed by atoms with van der Waals surface area (Å²) >= 11 is 1.71. The molecule has 4 heterocycles. The second-order valence-corrected chi connectivity index (χ2v) is 9.48. The third-order valence-corrected chi connectivity index (χ3v) is 7.42. The van der Waals surface area contributed by atoms with Crippen molar-refractivity contribution in [3.63, 3.8) is 0 Å². The molecule has 6 rings (SSSR count). The summed E-state index contributed by atoms with van der Waals surface area (Å²) in [5.74, 6) is 2.54. The minimum atomic E-state index is 0.673. The quantitative estimate of drug-likeness (QED) is 0.320. The van der Waals surface area contributed by atoms with Crippen molar-refractivity contribution in [2.45, 2.75) is 0 Å². The molecule has 0 aliphatic carbocycles. The van der Waals surface area contributed by atoms with Crippen molar-refractivity contribution in [3.8, 4) is 27.7 Å². The molecule has 0 spiro atoms. The second-order valence-electron chi connectivity index (χ2n) is 8.45. The summed E-state index contributed by atoms with van der Waals surface area (Å²) in [6.45, 7) is 3.62. The lowest BCUT2D eigenvalue weighted by Crippen LogP contribution is -2.47.